The molecule has 0 amide bonds. The van der Waals surface area contributed by atoms with E-state index in [-0.39, 0.29) is 19.2 Å². The first-order valence-electron chi connectivity index (χ1n) is 13.0. The maximum Gasteiger partial charge on any atom is 0.472 e. The number of carbonyl (C=O) groups excluding carboxylic acids is 1. The Hall–Kier alpha value is 0.271. The van der Waals surface area contributed by atoms with E-state index in [9.17, 15) is 9.90 Å². The first-order valence-corrected chi connectivity index (χ1v) is 30.5. The number of hydrogen-bond acceptors (Lipinski definition) is 8. The largest absolute Gasteiger partial charge is 0.472 e. The monoisotopic (exact) mass is 614 g/mol. The van der Waals surface area contributed by atoms with Gasteiger partial charge in [0.25, 0.3) is 0 Å². The summed E-state index contributed by atoms with van der Waals surface area (Å²) in [7, 11) is -15.2. The van der Waals surface area contributed by atoms with E-state index >= 15 is 0 Å². The number of aliphatic hydroxyl groups excluding tert-OH is 1. The van der Waals surface area contributed by atoms with Gasteiger partial charge in [-0.2, -0.15) is 0 Å². The SMILES string of the molecule is CC=CC(=O)OCCC[Si](O[Si](C)(C)C)(O[Si](C)(C)C)O[Si](CCCO)(O[Si](C)(C)C)O[Si](C)(C)C. The van der Waals surface area contributed by atoms with Crippen molar-refractivity contribution in [3.8, 4) is 0 Å². The number of allylic oxidation sites excluding steroid dienone is 1. The van der Waals surface area contributed by atoms with Gasteiger partial charge < -0.3 is 30.4 Å². The third kappa shape index (κ3) is 17.7. The molecule has 0 rings (SSSR count). The van der Waals surface area contributed by atoms with Crippen molar-refractivity contribution < 1.29 is 35.2 Å². The Morgan fingerprint density at radius 3 is 1.31 bits per heavy atom. The van der Waals surface area contributed by atoms with E-state index < -0.39 is 50.9 Å². The molecule has 8 nitrogen and oxygen atoms in total. The quantitative estimate of drug-likeness (QED) is 0.0847. The number of ether oxygens (including phenoxy) is 1. The molecule has 0 saturated carbocycles. The lowest BCUT2D eigenvalue weighted by Gasteiger charge is -2.47. The van der Waals surface area contributed by atoms with E-state index in [1.165, 1.54) is 6.08 Å². The van der Waals surface area contributed by atoms with Gasteiger partial charge in [-0.1, -0.05) is 6.08 Å². The molecular weight excluding hydrogens is 561 g/mol. The Labute approximate surface area is 227 Å². The van der Waals surface area contributed by atoms with Gasteiger partial charge in [-0.15, -0.1) is 0 Å². The summed E-state index contributed by atoms with van der Waals surface area (Å²) >= 11 is 0. The summed E-state index contributed by atoms with van der Waals surface area (Å²) in [5.74, 6) is -0.362. The Balaban J connectivity index is 6.58. The Morgan fingerprint density at radius 1 is 0.639 bits per heavy atom. The highest BCUT2D eigenvalue weighted by Crippen LogP contribution is 2.35. The van der Waals surface area contributed by atoms with Crippen LogP contribution in [0.5, 0.6) is 0 Å². The highest BCUT2D eigenvalue weighted by atomic mass is 28.5. The molecule has 0 aromatic rings. The van der Waals surface area contributed by atoms with Crippen LogP contribution in [0.15, 0.2) is 12.2 Å². The molecule has 0 aliphatic carbocycles. The van der Waals surface area contributed by atoms with Crippen LogP contribution in [-0.2, 0) is 30.1 Å². The summed E-state index contributed by atoms with van der Waals surface area (Å²) < 4.78 is 39.9. The normalized spacial score (nSPS) is 14.5. The van der Waals surface area contributed by atoms with Gasteiger partial charge in [-0.3, -0.25) is 0 Å². The van der Waals surface area contributed by atoms with Gasteiger partial charge >= 0.3 is 23.6 Å². The van der Waals surface area contributed by atoms with Crippen molar-refractivity contribution >= 4 is 56.8 Å². The average Bonchev–Trinajstić information content (AvgIpc) is 2.58. The molecule has 0 radical (unpaired) electrons. The van der Waals surface area contributed by atoms with Gasteiger partial charge in [-0.05, 0) is 98.3 Å². The van der Waals surface area contributed by atoms with E-state index in [1.807, 2.05) is 0 Å². The number of carbonyl (C=O) groups is 1. The van der Waals surface area contributed by atoms with Gasteiger partial charge in [0.05, 0.1) is 6.61 Å². The zero-order chi connectivity index (χ0) is 28.5. The van der Waals surface area contributed by atoms with Crippen molar-refractivity contribution in [3.63, 3.8) is 0 Å². The minimum Gasteiger partial charge on any atom is -0.463 e. The average molecular weight is 615 g/mol. The molecule has 0 atom stereocenters. The predicted octanol–water partition coefficient (Wildman–Crippen LogP) is 6.18. The van der Waals surface area contributed by atoms with Gasteiger partial charge in [-0.25, -0.2) is 4.79 Å². The van der Waals surface area contributed by atoms with Crippen LogP contribution in [0.25, 0.3) is 0 Å². The first-order chi connectivity index (χ1) is 16.1. The fourth-order valence-electron chi connectivity index (χ4n) is 3.48. The number of rotatable bonds is 18. The number of hydrogen-bond donors (Lipinski definition) is 1. The van der Waals surface area contributed by atoms with Crippen molar-refractivity contribution in [2.75, 3.05) is 13.2 Å². The number of esters is 1. The zero-order valence-electron chi connectivity index (χ0n) is 25.2. The van der Waals surface area contributed by atoms with Crippen molar-refractivity contribution in [2.45, 2.75) is 110 Å². The Kier molecular flexibility index (Phi) is 14.7. The standard InChI is InChI=1S/C22H54O8Si6/c1-14-17-22(24)25-19-16-21-36(28-33(8,9)10,29-34(11,12)13)30-35(20-15-18-23,26-31(2,3)4)27-32(5,6)7/h14,17,23H,15-16,18-21H2,1-13H3. The van der Waals surface area contributed by atoms with E-state index in [0.29, 0.717) is 24.9 Å². The summed E-state index contributed by atoms with van der Waals surface area (Å²) in [6, 6.07) is 1.01. The van der Waals surface area contributed by atoms with Crippen LogP contribution in [-0.4, -0.2) is 75.2 Å². The van der Waals surface area contributed by atoms with Crippen molar-refractivity contribution in [1.29, 1.82) is 0 Å². The summed E-state index contributed by atoms with van der Waals surface area (Å²) in [6.07, 6.45) is 4.14. The molecule has 36 heavy (non-hydrogen) atoms. The van der Waals surface area contributed by atoms with Gasteiger partial charge in [0.2, 0.25) is 0 Å². The van der Waals surface area contributed by atoms with Crippen LogP contribution < -0.4 is 0 Å². The third-order valence-electron chi connectivity index (χ3n) is 3.97. The molecule has 214 valence electrons. The van der Waals surface area contributed by atoms with Gasteiger partial charge in [0, 0.05) is 24.8 Å². The van der Waals surface area contributed by atoms with Crippen molar-refractivity contribution in [3.05, 3.63) is 12.2 Å². The smallest absolute Gasteiger partial charge is 0.463 e. The highest BCUT2D eigenvalue weighted by Gasteiger charge is 2.58. The first kappa shape index (κ1) is 36.3. The van der Waals surface area contributed by atoms with Crippen LogP contribution in [0.2, 0.25) is 90.7 Å². The fraction of sp³-hybridized carbons (Fsp3) is 0.864. The minimum atomic E-state index is -3.35. The second-order valence-corrected chi connectivity index (χ2v) is 37.6. The topological polar surface area (TPSA) is 92.7 Å². The predicted molar refractivity (Wildman–Crippen MR) is 162 cm³/mol. The maximum atomic E-state index is 11.9. The van der Waals surface area contributed by atoms with E-state index in [0.717, 1.165) is 0 Å². The van der Waals surface area contributed by atoms with E-state index in [2.05, 4.69) is 78.6 Å². The van der Waals surface area contributed by atoms with E-state index in [4.69, 9.17) is 25.3 Å². The van der Waals surface area contributed by atoms with Crippen LogP contribution in [0.3, 0.4) is 0 Å². The van der Waals surface area contributed by atoms with Gasteiger partial charge in [0.1, 0.15) is 0 Å². The molecule has 0 aliphatic heterocycles. The molecule has 0 heterocycles. The molecule has 0 unspecified atom stereocenters. The van der Waals surface area contributed by atoms with Crippen LogP contribution in [0, 0.1) is 0 Å². The molecule has 0 bridgehead atoms. The molecule has 14 heteroatoms. The zero-order valence-corrected chi connectivity index (χ0v) is 31.2. The van der Waals surface area contributed by atoms with Crippen molar-refractivity contribution in [2.24, 2.45) is 0 Å². The lowest BCUT2D eigenvalue weighted by atomic mass is 10.5. The third-order valence-corrected chi connectivity index (χ3v) is 23.2. The second kappa shape index (κ2) is 14.6. The van der Waals surface area contributed by atoms with Gasteiger partial charge in [0.15, 0.2) is 33.3 Å². The van der Waals surface area contributed by atoms with E-state index in [1.54, 1.807) is 13.0 Å². The maximum absolute atomic E-state index is 11.9. The minimum absolute atomic E-state index is 0.0292. The lowest BCUT2D eigenvalue weighted by molar-refractivity contribution is -0.137. The summed E-state index contributed by atoms with van der Waals surface area (Å²) in [5.41, 5.74) is 0. The summed E-state index contributed by atoms with van der Waals surface area (Å²) in [4.78, 5) is 11.9. The molecule has 0 aromatic heterocycles. The molecular formula is C22H54O8Si6. The van der Waals surface area contributed by atoms with Crippen LogP contribution >= 0.6 is 0 Å². The molecule has 0 spiro atoms. The molecule has 0 aromatic carbocycles. The Bertz CT molecular complexity index is 661. The number of aliphatic hydroxyl groups is 1. The van der Waals surface area contributed by atoms with Crippen LogP contribution in [0.1, 0.15) is 19.8 Å². The lowest BCUT2D eigenvalue weighted by Crippen LogP contribution is -2.67. The molecule has 0 saturated heterocycles. The molecule has 0 fully saturated rings. The molecule has 1 N–H and O–H groups in total. The fourth-order valence-corrected chi connectivity index (χ4v) is 27.2. The molecule has 0 aliphatic rings. The highest BCUT2D eigenvalue weighted by molar-refractivity contribution is 6.92. The van der Waals surface area contributed by atoms with Crippen molar-refractivity contribution in [1.82, 2.24) is 0 Å². The summed E-state index contributed by atoms with van der Waals surface area (Å²) in [5, 5.41) is 9.75. The second-order valence-electron chi connectivity index (χ2n) is 12.9. The Morgan fingerprint density at radius 2 is 1.00 bits per heavy atom. The summed E-state index contributed by atoms with van der Waals surface area (Å²) in [6.45, 7) is 27.6. The van der Waals surface area contributed by atoms with Crippen LogP contribution in [0.4, 0.5) is 0 Å².